The fraction of sp³-hybridized carbons (Fsp3) is 0.550. The molecular formula is C40H53N5O5. The van der Waals surface area contributed by atoms with Gasteiger partial charge in [0.25, 0.3) is 5.91 Å². The summed E-state index contributed by atoms with van der Waals surface area (Å²) in [4.78, 5) is 48.2. The Labute approximate surface area is 295 Å². The van der Waals surface area contributed by atoms with Crippen LogP contribution in [0.3, 0.4) is 0 Å². The van der Waals surface area contributed by atoms with Crippen molar-refractivity contribution in [2.75, 3.05) is 26.3 Å². The van der Waals surface area contributed by atoms with Crippen molar-refractivity contribution in [2.45, 2.75) is 95.5 Å². The number of β-amino-alcohol motifs (C(OH)–C–C–N with tert-alkyl or cyclic N) is 1. The number of hydrogen-bond donors (Lipinski definition) is 4. The van der Waals surface area contributed by atoms with Crippen molar-refractivity contribution in [1.29, 1.82) is 0 Å². The predicted molar refractivity (Wildman–Crippen MR) is 193 cm³/mol. The molecule has 3 aromatic rings. The summed E-state index contributed by atoms with van der Waals surface area (Å²) in [5, 5.41) is 22.2. The number of para-hydroxylation sites is 1. The first-order valence-electron chi connectivity index (χ1n) is 18.4. The number of fused-ring (bicyclic) bond motifs is 2. The first-order chi connectivity index (χ1) is 24.0. The normalized spacial score (nSPS) is 24.5. The molecule has 0 spiro atoms. The van der Waals surface area contributed by atoms with Crippen molar-refractivity contribution in [2.24, 2.45) is 17.8 Å². The van der Waals surface area contributed by atoms with Crippen LogP contribution in [0.2, 0.25) is 0 Å². The van der Waals surface area contributed by atoms with Crippen molar-refractivity contribution in [1.82, 2.24) is 25.8 Å². The third kappa shape index (κ3) is 9.08. The second kappa shape index (κ2) is 16.0. The highest BCUT2D eigenvalue weighted by Gasteiger charge is 2.42. The lowest BCUT2D eigenvalue weighted by Gasteiger charge is -2.47. The van der Waals surface area contributed by atoms with Gasteiger partial charge in [-0.05, 0) is 76.0 Å². The maximum atomic E-state index is 14.2. The molecule has 3 amide bonds. The summed E-state index contributed by atoms with van der Waals surface area (Å²) in [7, 11) is 0. The van der Waals surface area contributed by atoms with Gasteiger partial charge in [0.15, 0.2) is 0 Å². The van der Waals surface area contributed by atoms with E-state index in [0.29, 0.717) is 43.4 Å². The van der Waals surface area contributed by atoms with Crippen molar-refractivity contribution in [3.63, 3.8) is 0 Å². The summed E-state index contributed by atoms with van der Waals surface area (Å²) in [6.07, 6.45) is 5.47. The largest absolute Gasteiger partial charge is 0.390 e. The Morgan fingerprint density at radius 3 is 2.42 bits per heavy atom. The molecule has 2 aliphatic heterocycles. The van der Waals surface area contributed by atoms with Gasteiger partial charge < -0.3 is 25.8 Å². The van der Waals surface area contributed by atoms with Crippen LogP contribution in [0.4, 0.5) is 0 Å². The maximum absolute atomic E-state index is 14.2. The number of likely N-dealkylation sites (tertiary alicyclic amines) is 1. The third-order valence-corrected chi connectivity index (χ3v) is 10.7. The topological polar surface area (TPSA) is 133 Å². The minimum Gasteiger partial charge on any atom is -0.390 e. The van der Waals surface area contributed by atoms with Crippen LogP contribution in [0, 0.1) is 17.8 Å². The molecule has 50 heavy (non-hydrogen) atoms. The first kappa shape index (κ1) is 35.9. The number of carbonyl (C=O) groups is 3. The lowest BCUT2D eigenvalue weighted by atomic mass is 9.72. The van der Waals surface area contributed by atoms with Crippen LogP contribution < -0.4 is 16.0 Å². The average Bonchev–Trinajstić information content (AvgIpc) is 3.64. The molecule has 10 heteroatoms. The molecule has 0 radical (unpaired) electrons. The van der Waals surface area contributed by atoms with Gasteiger partial charge in [0.2, 0.25) is 11.8 Å². The summed E-state index contributed by atoms with van der Waals surface area (Å²) >= 11 is 0. The van der Waals surface area contributed by atoms with Gasteiger partial charge in [-0.2, -0.15) is 0 Å². The fourth-order valence-corrected chi connectivity index (χ4v) is 8.04. The second-order valence-corrected chi connectivity index (χ2v) is 15.6. The smallest absolute Gasteiger partial charge is 0.270 e. The number of aliphatic hydroxyl groups excluding tert-OH is 1. The lowest BCUT2D eigenvalue weighted by molar-refractivity contribution is -0.133. The monoisotopic (exact) mass is 683 g/mol. The molecule has 1 aliphatic carbocycles. The van der Waals surface area contributed by atoms with Crippen LogP contribution in [0.1, 0.15) is 75.3 Å². The van der Waals surface area contributed by atoms with Gasteiger partial charge in [-0.1, -0.05) is 73.9 Å². The molecule has 268 valence electrons. The van der Waals surface area contributed by atoms with Crippen LogP contribution in [-0.2, 0) is 20.7 Å². The molecule has 3 aliphatic rings. The molecule has 10 nitrogen and oxygen atoms in total. The third-order valence-electron chi connectivity index (χ3n) is 10.7. The summed E-state index contributed by atoms with van der Waals surface area (Å²) < 4.78 is 5.65. The van der Waals surface area contributed by atoms with Crippen LogP contribution >= 0.6 is 0 Å². The molecule has 1 unspecified atom stereocenters. The number of hydrogen-bond acceptors (Lipinski definition) is 7. The van der Waals surface area contributed by atoms with Crippen LogP contribution in [0.25, 0.3) is 10.9 Å². The van der Waals surface area contributed by atoms with E-state index in [0.717, 1.165) is 36.8 Å². The van der Waals surface area contributed by atoms with Crippen LogP contribution in [0.15, 0.2) is 66.7 Å². The number of benzene rings is 2. The number of aromatic nitrogens is 1. The number of ether oxygens (including phenoxy) is 1. The highest BCUT2D eigenvalue weighted by atomic mass is 16.5. The zero-order valence-corrected chi connectivity index (χ0v) is 29.6. The van der Waals surface area contributed by atoms with E-state index in [4.69, 9.17) is 4.74 Å². The minimum absolute atomic E-state index is 0.0105. The zero-order chi connectivity index (χ0) is 35.3. The van der Waals surface area contributed by atoms with Crippen molar-refractivity contribution in [3.8, 4) is 0 Å². The molecule has 4 N–H and O–H groups in total. The first-order valence-corrected chi connectivity index (χ1v) is 18.4. The van der Waals surface area contributed by atoms with Gasteiger partial charge >= 0.3 is 0 Å². The number of carbonyl (C=O) groups excluding carboxylic acids is 3. The summed E-state index contributed by atoms with van der Waals surface area (Å²) in [6.45, 7) is 7.80. The van der Waals surface area contributed by atoms with Gasteiger partial charge in [-0.15, -0.1) is 0 Å². The fourth-order valence-electron chi connectivity index (χ4n) is 8.04. The molecule has 7 atom stereocenters. The van der Waals surface area contributed by atoms with Gasteiger partial charge in [0.05, 0.1) is 30.3 Å². The van der Waals surface area contributed by atoms with E-state index in [1.807, 2.05) is 81.4 Å². The minimum atomic E-state index is -0.970. The van der Waals surface area contributed by atoms with Crippen molar-refractivity contribution >= 4 is 28.6 Å². The quantitative estimate of drug-likeness (QED) is 0.238. The molecule has 2 saturated heterocycles. The van der Waals surface area contributed by atoms with Gasteiger partial charge in [0, 0.05) is 36.5 Å². The van der Waals surface area contributed by atoms with Gasteiger partial charge in [-0.3, -0.25) is 19.3 Å². The average molecular weight is 684 g/mol. The molecule has 1 saturated carbocycles. The molecule has 3 heterocycles. The number of aliphatic hydroxyl groups is 1. The summed E-state index contributed by atoms with van der Waals surface area (Å²) in [5.74, 6) is -0.0627. The van der Waals surface area contributed by atoms with Gasteiger partial charge in [-0.25, -0.2) is 4.98 Å². The Balaban J connectivity index is 1.22. The van der Waals surface area contributed by atoms with E-state index in [2.05, 4.69) is 25.8 Å². The Hall–Kier alpha value is -3.86. The van der Waals surface area contributed by atoms with E-state index < -0.39 is 24.1 Å². The summed E-state index contributed by atoms with van der Waals surface area (Å²) in [6, 6.07) is 19.0. The predicted octanol–water partition coefficient (Wildman–Crippen LogP) is 4.25. The van der Waals surface area contributed by atoms with E-state index in [1.54, 1.807) is 6.07 Å². The molecule has 1 aromatic heterocycles. The number of pyridine rings is 1. The number of nitrogens with one attached hydrogen (secondary N) is 3. The number of amides is 3. The number of rotatable bonds is 11. The Kier molecular flexibility index (Phi) is 11.5. The second-order valence-electron chi connectivity index (χ2n) is 15.6. The highest BCUT2D eigenvalue weighted by molar-refractivity contribution is 5.98. The molecule has 6 rings (SSSR count). The molecule has 2 aromatic carbocycles. The molecule has 0 bridgehead atoms. The SMILES string of the molecule is CC(C)(C)NC(=O)[C@@H]1C[C@@H]2CCCC[C@@H]2CN1C[C@@H](O)[C@H](Cc1ccccc1)NC(=O)[C@@H](NC(=O)c1ccc2ccccc2n1)C1CCOC1. The Morgan fingerprint density at radius 2 is 1.68 bits per heavy atom. The van der Waals surface area contributed by atoms with E-state index in [1.165, 1.54) is 12.8 Å². The van der Waals surface area contributed by atoms with E-state index in [9.17, 15) is 19.5 Å². The van der Waals surface area contributed by atoms with Gasteiger partial charge in [0.1, 0.15) is 11.7 Å². The standard InChI is InChI=1S/C40H53N5O5/c1-40(2,3)44-38(48)34-22-28-14-7-8-15-29(28)23-45(34)24-35(46)33(21-26-11-5-4-6-12-26)42-39(49)36(30-19-20-50-25-30)43-37(47)32-18-17-27-13-9-10-16-31(27)41-32/h4-6,9-13,16-18,28-30,33-36,46H,7-8,14-15,19-25H2,1-3H3,(H,42,49)(H,43,47)(H,44,48)/t28-,29+,30?,33-,34-,35+,36-/m0/s1. The maximum Gasteiger partial charge on any atom is 0.270 e. The zero-order valence-electron chi connectivity index (χ0n) is 29.6. The Morgan fingerprint density at radius 1 is 0.940 bits per heavy atom. The van der Waals surface area contributed by atoms with Crippen molar-refractivity contribution in [3.05, 3.63) is 78.0 Å². The van der Waals surface area contributed by atoms with E-state index in [-0.39, 0.29) is 41.6 Å². The number of piperidine rings is 1. The molecule has 3 fully saturated rings. The lowest BCUT2D eigenvalue weighted by Crippen LogP contribution is -2.61. The summed E-state index contributed by atoms with van der Waals surface area (Å²) in [5.41, 5.74) is 1.52. The highest BCUT2D eigenvalue weighted by Crippen LogP contribution is 2.39. The number of nitrogens with zero attached hydrogens (tertiary/aromatic N) is 2. The molecular weight excluding hydrogens is 630 g/mol. The van der Waals surface area contributed by atoms with Crippen molar-refractivity contribution < 1.29 is 24.2 Å². The van der Waals surface area contributed by atoms with Crippen LogP contribution in [-0.4, -0.2) is 88.8 Å². The van der Waals surface area contributed by atoms with E-state index >= 15 is 0 Å². The Bertz CT molecular complexity index is 1620. The van der Waals surface area contributed by atoms with Crippen LogP contribution in [0.5, 0.6) is 0 Å².